The van der Waals surface area contributed by atoms with Gasteiger partial charge in [-0.1, -0.05) is 26.0 Å². The number of nitrogens with zero attached hydrogens (tertiary/aromatic N) is 1. The van der Waals surface area contributed by atoms with Crippen LogP contribution in [0.3, 0.4) is 0 Å². The molecular weight excluding hydrogens is 473 g/mol. The Morgan fingerprint density at radius 1 is 1.19 bits per heavy atom. The highest BCUT2D eigenvalue weighted by molar-refractivity contribution is 6.00. The fourth-order valence-electron chi connectivity index (χ4n) is 4.63. The molecule has 0 radical (unpaired) electrons. The molecule has 0 aromatic heterocycles. The number of carbonyl (C=O) groups excluding carboxylic acids is 1. The number of Topliss-reactive ketones (excluding diaryl/α,β-unsaturated/α-hetero) is 1. The first-order valence-corrected chi connectivity index (χ1v) is 11.2. The Labute approximate surface area is 206 Å². The van der Waals surface area contributed by atoms with Crippen LogP contribution in [0.4, 0.5) is 13.2 Å². The summed E-state index contributed by atoms with van der Waals surface area (Å²) in [5.41, 5.74) is 6.60. The lowest BCUT2D eigenvalue weighted by Crippen LogP contribution is -2.33. The van der Waals surface area contributed by atoms with Crippen molar-refractivity contribution in [2.24, 2.45) is 11.1 Å². The smallest absolute Gasteiger partial charge is 0.416 e. The molecule has 4 rings (SSSR count). The number of nitrogens with two attached hydrogens (primary N) is 1. The second kappa shape index (κ2) is 9.26. The van der Waals surface area contributed by atoms with Crippen molar-refractivity contribution in [2.75, 3.05) is 7.11 Å². The van der Waals surface area contributed by atoms with Gasteiger partial charge in [-0.25, -0.2) is 0 Å². The molecule has 188 valence electrons. The zero-order valence-electron chi connectivity index (χ0n) is 20.0. The van der Waals surface area contributed by atoms with E-state index in [0.717, 1.165) is 12.1 Å². The summed E-state index contributed by atoms with van der Waals surface area (Å²) in [6.45, 7) is 3.82. The number of hydrogen-bond acceptors (Lipinski definition) is 6. The summed E-state index contributed by atoms with van der Waals surface area (Å²) in [6.07, 6.45) is -3.70. The maximum Gasteiger partial charge on any atom is 0.416 e. The van der Waals surface area contributed by atoms with Crippen LogP contribution < -0.4 is 15.2 Å². The molecule has 2 aromatic rings. The topological polar surface area (TPSA) is 94.6 Å². The van der Waals surface area contributed by atoms with Crippen LogP contribution in [0.25, 0.3) is 0 Å². The fraction of sp³-hybridized carbons (Fsp3) is 0.333. The second-order valence-corrected chi connectivity index (χ2v) is 9.59. The van der Waals surface area contributed by atoms with Gasteiger partial charge >= 0.3 is 6.18 Å². The van der Waals surface area contributed by atoms with Gasteiger partial charge in [-0.15, -0.1) is 0 Å². The van der Waals surface area contributed by atoms with Crippen molar-refractivity contribution in [3.8, 4) is 17.6 Å². The highest BCUT2D eigenvalue weighted by atomic mass is 19.4. The Morgan fingerprint density at radius 2 is 1.94 bits per heavy atom. The molecule has 0 saturated heterocycles. The Hall–Kier alpha value is -3.93. The SMILES string of the molecule is COc1ccc(C2C(C#N)=C(N)OC3=C2C(=O)CC(C)(C)C3)cc1COc1cccc(C(F)(F)F)c1. The van der Waals surface area contributed by atoms with E-state index in [4.69, 9.17) is 19.9 Å². The summed E-state index contributed by atoms with van der Waals surface area (Å²) in [4.78, 5) is 13.2. The number of carbonyl (C=O) groups is 1. The number of nitriles is 1. The summed E-state index contributed by atoms with van der Waals surface area (Å²) in [5.74, 6) is 0.0303. The Bertz CT molecular complexity index is 1320. The molecule has 1 heterocycles. The molecule has 0 amide bonds. The number of ketones is 1. The number of allylic oxidation sites excluding steroid dienone is 3. The molecule has 1 aliphatic carbocycles. The van der Waals surface area contributed by atoms with Gasteiger partial charge in [0.25, 0.3) is 0 Å². The van der Waals surface area contributed by atoms with Gasteiger partial charge in [-0.2, -0.15) is 18.4 Å². The maximum atomic E-state index is 13.2. The van der Waals surface area contributed by atoms with E-state index in [-0.39, 0.29) is 35.0 Å². The van der Waals surface area contributed by atoms with E-state index < -0.39 is 17.7 Å². The van der Waals surface area contributed by atoms with Crippen LogP contribution >= 0.6 is 0 Å². The van der Waals surface area contributed by atoms with Crippen LogP contribution in [-0.4, -0.2) is 12.9 Å². The minimum atomic E-state index is -4.49. The van der Waals surface area contributed by atoms with E-state index >= 15 is 0 Å². The first kappa shape index (κ1) is 25.2. The van der Waals surface area contributed by atoms with Crippen molar-refractivity contribution in [3.63, 3.8) is 0 Å². The lowest BCUT2D eigenvalue weighted by atomic mass is 9.70. The Balaban J connectivity index is 1.72. The van der Waals surface area contributed by atoms with Gasteiger partial charge in [0.2, 0.25) is 5.88 Å². The monoisotopic (exact) mass is 498 g/mol. The summed E-state index contributed by atoms with van der Waals surface area (Å²) >= 11 is 0. The third kappa shape index (κ3) is 4.89. The second-order valence-electron chi connectivity index (χ2n) is 9.59. The Morgan fingerprint density at radius 3 is 2.61 bits per heavy atom. The number of rotatable bonds is 5. The van der Waals surface area contributed by atoms with E-state index in [2.05, 4.69) is 6.07 Å². The lowest BCUT2D eigenvalue weighted by molar-refractivity contribution is -0.137. The molecule has 1 unspecified atom stereocenters. The predicted molar refractivity (Wildman–Crippen MR) is 124 cm³/mol. The first-order chi connectivity index (χ1) is 16.9. The molecule has 0 bridgehead atoms. The van der Waals surface area contributed by atoms with Crippen LogP contribution in [0.5, 0.6) is 11.5 Å². The van der Waals surface area contributed by atoms with Crippen molar-refractivity contribution in [2.45, 2.75) is 45.4 Å². The molecule has 2 aliphatic rings. The largest absolute Gasteiger partial charge is 0.496 e. The van der Waals surface area contributed by atoms with E-state index in [0.29, 0.717) is 41.1 Å². The molecule has 2 N–H and O–H groups in total. The van der Waals surface area contributed by atoms with Crippen molar-refractivity contribution in [1.29, 1.82) is 5.26 Å². The molecule has 1 aliphatic heterocycles. The van der Waals surface area contributed by atoms with Gasteiger partial charge in [0.15, 0.2) is 5.78 Å². The van der Waals surface area contributed by atoms with E-state index in [1.807, 2.05) is 13.8 Å². The van der Waals surface area contributed by atoms with E-state index in [9.17, 15) is 23.2 Å². The zero-order chi connectivity index (χ0) is 26.3. The maximum absolute atomic E-state index is 13.2. The molecule has 1 atom stereocenters. The van der Waals surface area contributed by atoms with Crippen LogP contribution in [-0.2, 0) is 22.3 Å². The average Bonchev–Trinajstić information content (AvgIpc) is 2.80. The third-order valence-corrected chi connectivity index (χ3v) is 6.27. The molecular formula is C27H25F3N2O4. The standard InChI is InChI=1S/C27H25F3N2O4/c1-26(2)11-20(33)24-22(12-26)36-25(32)19(13-31)23(24)15-7-8-21(34-3)16(9-15)14-35-18-6-4-5-17(10-18)27(28,29)30/h4-10,23H,11-12,14,32H2,1-3H3. The van der Waals surface area contributed by atoms with Crippen molar-refractivity contribution < 1.29 is 32.2 Å². The van der Waals surface area contributed by atoms with Crippen LogP contribution in [0, 0.1) is 16.7 Å². The number of hydrogen-bond donors (Lipinski definition) is 1. The summed E-state index contributed by atoms with van der Waals surface area (Å²) in [6, 6.07) is 11.8. The number of halogens is 3. The van der Waals surface area contributed by atoms with Gasteiger partial charge < -0.3 is 19.9 Å². The van der Waals surface area contributed by atoms with Gasteiger partial charge in [0, 0.05) is 24.0 Å². The van der Waals surface area contributed by atoms with Crippen molar-refractivity contribution in [1.82, 2.24) is 0 Å². The number of alkyl halides is 3. The molecule has 2 aromatic carbocycles. The van der Waals surface area contributed by atoms with Crippen LogP contribution in [0.1, 0.15) is 49.3 Å². The molecule has 0 fully saturated rings. The van der Waals surface area contributed by atoms with Gasteiger partial charge in [0.05, 0.1) is 18.6 Å². The van der Waals surface area contributed by atoms with Gasteiger partial charge in [-0.3, -0.25) is 4.79 Å². The fourth-order valence-corrected chi connectivity index (χ4v) is 4.63. The van der Waals surface area contributed by atoms with Gasteiger partial charge in [0.1, 0.15) is 35.5 Å². The Kier molecular flexibility index (Phi) is 6.48. The summed E-state index contributed by atoms with van der Waals surface area (Å²) in [7, 11) is 1.46. The number of methoxy groups -OCH3 is 1. The minimum Gasteiger partial charge on any atom is -0.496 e. The van der Waals surface area contributed by atoms with E-state index in [1.165, 1.54) is 19.2 Å². The summed E-state index contributed by atoms with van der Waals surface area (Å²) < 4.78 is 56.0. The molecule has 0 spiro atoms. The quantitative estimate of drug-likeness (QED) is 0.565. The highest BCUT2D eigenvalue weighted by Gasteiger charge is 2.43. The molecule has 0 saturated carbocycles. The highest BCUT2D eigenvalue weighted by Crippen LogP contribution is 2.48. The number of benzene rings is 2. The zero-order valence-corrected chi connectivity index (χ0v) is 20.0. The average molecular weight is 499 g/mol. The van der Waals surface area contributed by atoms with E-state index in [1.54, 1.807) is 18.2 Å². The molecule has 36 heavy (non-hydrogen) atoms. The lowest BCUT2D eigenvalue weighted by Gasteiger charge is -2.37. The first-order valence-electron chi connectivity index (χ1n) is 11.2. The molecule has 9 heteroatoms. The molecule has 6 nitrogen and oxygen atoms in total. The predicted octanol–water partition coefficient (Wildman–Crippen LogP) is 5.74. The normalized spacial score (nSPS) is 19.4. The minimum absolute atomic E-state index is 0.0416. The van der Waals surface area contributed by atoms with Crippen molar-refractivity contribution in [3.05, 3.63) is 81.9 Å². The third-order valence-electron chi connectivity index (χ3n) is 6.27. The van der Waals surface area contributed by atoms with Crippen molar-refractivity contribution >= 4 is 5.78 Å². The summed E-state index contributed by atoms with van der Waals surface area (Å²) in [5, 5.41) is 9.84. The van der Waals surface area contributed by atoms with Crippen LogP contribution in [0.2, 0.25) is 0 Å². The van der Waals surface area contributed by atoms with Gasteiger partial charge in [-0.05, 0) is 41.3 Å². The van der Waals surface area contributed by atoms with Crippen LogP contribution in [0.15, 0.2) is 65.3 Å². The number of ether oxygens (including phenoxy) is 3.